The molecule has 0 fully saturated rings. The topological polar surface area (TPSA) is 83.1 Å². The van der Waals surface area contributed by atoms with Gasteiger partial charge in [-0.1, -0.05) is 30.3 Å². The average molecular weight is 384 g/mol. The third-order valence-corrected chi connectivity index (χ3v) is 4.46. The van der Waals surface area contributed by atoms with E-state index in [9.17, 15) is 14.0 Å². The van der Waals surface area contributed by atoms with Crippen molar-refractivity contribution in [3.63, 3.8) is 0 Å². The Morgan fingerprint density at radius 2 is 1.74 bits per heavy atom. The minimum atomic E-state index is -0.527. The van der Waals surface area contributed by atoms with Gasteiger partial charge in [-0.2, -0.15) is 0 Å². The molecule has 0 spiro atoms. The van der Waals surface area contributed by atoms with Gasteiger partial charge in [0.15, 0.2) is 5.13 Å². The smallest absolute Gasteiger partial charge is 0.325 e. The van der Waals surface area contributed by atoms with Crippen molar-refractivity contribution in [1.82, 2.24) is 10.3 Å². The summed E-state index contributed by atoms with van der Waals surface area (Å²) in [6.45, 7) is 1.88. The highest BCUT2D eigenvalue weighted by Crippen LogP contribution is 2.18. The molecule has 8 heteroatoms. The Labute approximate surface area is 159 Å². The van der Waals surface area contributed by atoms with Crippen LogP contribution in [0.15, 0.2) is 60.0 Å². The highest BCUT2D eigenvalue weighted by molar-refractivity contribution is 7.14. The van der Waals surface area contributed by atoms with E-state index in [1.54, 1.807) is 5.38 Å². The van der Waals surface area contributed by atoms with Gasteiger partial charge in [-0.05, 0) is 36.8 Å². The van der Waals surface area contributed by atoms with Gasteiger partial charge in [0.1, 0.15) is 11.5 Å². The molecular weight excluding hydrogens is 367 g/mol. The summed E-state index contributed by atoms with van der Waals surface area (Å²) in [4.78, 5) is 28.4. The predicted molar refractivity (Wildman–Crippen MR) is 103 cm³/mol. The maximum Gasteiger partial charge on any atom is 0.325 e. The molecule has 1 aromatic heterocycles. The monoisotopic (exact) mass is 384 g/mol. The number of thiazole rings is 1. The van der Waals surface area contributed by atoms with Gasteiger partial charge in [-0.3, -0.25) is 10.1 Å². The lowest BCUT2D eigenvalue weighted by atomic mass is 10.1. The van der Waals surface area contributed by atoms with E-state index in [0.717, 1.165) is 16.9 Å². The zero-order chi connectivity index (χ0) is 19.2. The highest BCUT2D eigenvalue weighted by Gasteiger charge is 2.15. The molecule has 2 aromatic carbocycles. The third-order valence-electron chi connectivity index (χ3n) is 3.71. The van der Waals surface area contributed by atoms with Gasteiger partial charge in [-0.15, -0.1) is 11.3 Å². The number of anilines is 2. The van der Waals surface area contributed by atoms with Crippen molar-refractivity contribution in [2.45, 2.75) is 13.0 Å². The van der Waals surface area contributed by atoms with Crippen LogP contribution in [-0.2, 0) is 0 Å². The number of urea groups is 1. The number of benzene rings is 2. The van der Waals surface area contributed by atoms with E-state index in [0.29, 0.717) is 5.69 Å². The molecule has 3 aromatic rings. The van der Waals surface area contributed by atoms with Crippen LogP contribution in [-0.4, -0.2) is 16.9 Å². The zero-order valence-corrected chi connectivity index (χ0v) is 15.2. The third kappa shape index (κ3) is 5.11. The van der Waals surface area contributed by atoms with Crippen molar-refractivity contribution in [2.75, 3.05) is 10.6 Å². The summed E-state index contributed by atoms with van der Waals surface area (Å²) in [5.74, 6) is -0.712. The SMILES string of the molecule is CC(NC(=O)c1csc(NC(=O)Nc2ccc(F)cc2)n1)c1ccccc1. The molecule has 3 amide bonds. The highest BCUT2D eigenvalue weighted by atomic mass is 32.1. The van der Waals surface area contributed by atoms with E-state index >= 15 is 0 Å². The lowest BCUT2D eigenvalue weighted by Gasteiger charge is -2.13. The van der Waals surface area contributed by atoms with E-state index in [1.807, 2.05) is 37.3 Å². The first-order chi connectivity index (χ1) is 13.0. The Balaban J connectivity index is 1.56. The largest absolute Gasteiger partial charge is 0.344 e. The van der Waals surface area contributed by atoms with Gasteiger partial charge in [0, 0.05) is 11.1 Å². The molecular formula is C19H17FN4O2S. The van der Waals surface area contributed by atoms with E-state index in [4.69, 9.17) is 0 Å². The van der Waals surface area contributed by atoms with Crippen molar-refractivity contribution in [2.24, 2.45) is 0 Å². The summed E-state index contributed by atoms with van der Waals surface area (Å²) >= 11 is 1.14. The van der Waals surface area contributed by atoms with E-state index in [2.05, 4.69) is 20.9 Å². The van der Waals surface area contributed by atoms with Crippen LogP contribution in [0.3, 0.4) is 0 Å². The first-order valence-electron chi connectivity index (χ1n) is 8.16. The van der Waals surface area contributed by atoms with Gasteiger partial charge in [-0.25, -0.2) is 14.2 Å². The average Bonchev–Trinajstić information content (AvgIpc) is 3.13. The summed E-state index contributed by atoms with van der Waals surface area (Å²) in [6, 6.07) is 14.3. The Hall–Kier alpha value is -3.26. The molecule has 0 saturated carbocycles. The number of hydrogen-bond donors (Lipinski definition) is 3. The second kappa shape index (κ2) is 8.41. The van der Waals surface area contributed by atoms with Crippen LogP contribution < -0.4 is 16.0 Å². The fourth-order valence-electron chi connectivity index (χ4n) is 2.32. The van der Waals surface area contributed by atoms with Crippen molar-refractivity contribution >= 4 is 34.1 Å². The summed E-state index contributed by atoms with van der Waals surface area (Å²) < 4.78 is 12.9. The summed E-state index contributed by atoms with van der Waals surface area (Å²) in [5.41, 5.74) is 1.65. The van der Waals surface area contributed by atoms with Gasteiger partial charge in [0.25, 0.3) is 5.91 Å². The second-order valence-corrected chi connectivity index (χ2v) is 6.59. The minimum absolute atomic E-state index is 0.168. The number of halogens is 1. The quantitative estimate of drug-likeness (QED) is 0.609. The molecule has 3 N–H and O–H groups in total. The van der Waals surface area contributed by atoms with Gasteiger partial charge >= 0.3 is 6.03 Å². The molecule has 0 saturated heterocycles. The standard InChI is InChI=1S/C19H17FN4O2S/c1-12(13-5-3-2-4-6-13)21-17(25)16-11-27-19(23-16)24-18(26)22-15-9-7-14(20)8-10-15/h2-12H,1H3,(H,21,25)(H2,22,23,24,26). The van der Waals surface area contributed by atoms with Crippen LogP contribution in [0.2, 0.25) is 0 Å². The normalized spacial score (nSPS) is 11.5. The van der Waals surface area contributed by atoms with E-state index in [-0.39, 0.29) is 28.6 Å². The maximum atomic E-state index is 12.9. The number of nitrogens with zero attached hydrogens (tertiary/aromatic N) is 1. The lowest BCUT2D eigenvalue weighted by Crippen LogP contribution is -2.27. The van der Waals surface area contributed by atoms with Crippen LogP contribution >= 0.6 is 11.3 Å². The summed E-state index contributed by atoms with van der Waals surface area (Å²) in [6.07, 6.45) is 0. The van der Waals surface area contributed by atoms with Crippen LogP contribution in [0, 0.1) is 5.82 Å². The fraction of sp³-hybridized carbons (Fsp3) is 0.105. The molecule has 1 unspecified atom stereocenters. The van der Waals surface area contributed by atoms with E-state index in [1.165, 1.54) is 24.3 Å². The van der Waals surface area contributed by atoms with Crippen molar-refractivity contribution in [3.05, 3.63) is 77.1 Å². The van der Waals surface area contributed by atoms with E-state index < -0.39 is 6.03 Å². The van der Waals surface area contributed by atoms with Gasteiger partial charge < -0.3 is 10.6 Å². The molecule has 3 rings (SSSR count). The minimum Gasteiger partial charge on any atom is -0.344 e. The summed E-state index contributed by atoms with van der Waals surface area (Å²) in [7, 11) is 0. The molecule has 0 aliphatic rings. The lowest BCUT2D eigenvalue weighted by molar-refractivity contribution is 0.0935. The van der Waals surface area contributed by atoms with Crippen LogP contribution in [0.4, 0.5) is 20.0 Å². The number of aromatic nitrogens is 1. The number of hydrogen-bond acceptors (Lipinski definition) is 4. The van der Waals surface area contributed by atoms with Crippen LogP contribution in [0.25, 0.3) is 0 Å². The molecule has 1 atom stereocenters. The number of amides is 3. The molecule has 138 valence electrons. The first-order valence-corrected chi connectivity index (χ1v) is 9.04. The Morgan fingerprint density at radius 1 is 1.04 bits per heavy atom. The number of rotatable bonds is 5. The molecule has 0 aliphatic carbocycles. The van der Waals surface area contributed by atoms with Crippen molar-refractivity contribution in [3.8, 4) is 0 Å². The Kier molecular flexibility index (Phi) is 5.77. The molecule has 0 radical (unpaired) electrons. The fourth-order valence-corrected chi connectivity index (χ4v) is 3.01. The number of nitrogens with one attached hydrogen (secondary N) is 3. The number of carbonyl (C=O) groups excluding carboxylic acids is 2. The van der Waals surface area contributed by atoms with Gasteiger partial charge in [0.2, 0.25) is 0 Å². The maximum absolute atomic E-state index is 12.9. The molecule has 6 nitrogen and oxygen atoms in total. The molecule has 0 bridgehead atoms. The molecule has 27 heavy (non-hydrogen) atoms. The first kappa shape index (κ1) is 18.5. The van der Waals surface area contributed by atoms with Crippen molar-refractivity contribution in [1.29, 1.82) is 0 Å². The predicted octanol–water partition coefficient (Wildman–Crippen LogP) is 4.42. The Morgan fingerprint density at radius 3 is 2.44 bits per heavy atom. The molecule has 1 heterocycles. The second-order valence-electron chi connectivity index (χ2n) is 5.73. The Bertz CT molecular complexity index is 928. The zero-order valence-electron chi connectivity index (χ0n) is 14.4. The summed E-state index contributed by atoms with van der Waals surface area (Å²) in [5, 5.41) is 9.83. The number of carbonyl (C=O) groups is 2. The van der Waals surface area contributed by atoms with Gasteiger partial charge in [0.05, 0.1) is 6.04 Å². The van der Waals surface area contributed by atoms with Crippen LogP contribution in [0.5, 0.6) is 0 Å². The van der Waals surface area contributed by atoms with Crippen molar-refractivity contribution < 1.29 is 14.0 Å². The molecule has 0 aliphatic heterocycles. The van der Waals surface area contributed by atoms with Crippen LogP contribution in [0.1, 0.15) is 29.0 Å².